The van der Waals surface area contributed by atoms with Crippen molar-refractivity contribution < 1.29 is 9.90 Å². The molecular formula is C14H19NO2. The van der Waals surface area contributed by atoms with Gasteiger partial charge in [0.05, 0.1) is 5.56 Å². The van der Waals surface area contributed by atoms with E-state index in [0.717, 1.165) is 31.6 Å². The average Bonchev–Trinajstić information content (AvgIpc) is 2.38. The summed E-state index contributed by atoms with van der Waals surface area (Å²) in [5.74, 6) is -0.820. The van der Waals surface area contributed by atoms with Crippen LogP contribution in [-0.4, -0.2) is 35.6 Å². The first-order valence-electron chi connectivity index (χ1n) is 6.31. The van der Waals surface area contributed by atoms with Crippen LogP contribution in [0.1, 0.15) is 35.2 Å². The van der Waals surface area contributed by atoms with Crippen molar-refractivity contribution in [3.63, 3.8) is 0 Å². The maximum absolute atomic E-state index is 11.1. The SMILES string of the molecule is O=C(O)c1ccccc1CCN1CCCCC1. The zero-order valence-corrected chi connectivity index (χ0v) is 10.1. The van der Waals surface area contributed by atoms with Gasteiger partial charge in [-0.25, -0.2) is 4.79 Å². The van der Waals surface area contributed by atoms with Crippen LogP contribution in [0.3, 0.4) is 0 Å². The molecule has 0 aliphatic carbocycles. The fraction of sp³-hybridized carbons (Fsp3) is 0.500. The molecule has 0 amide bonds. The molecule has 0 saturated carbocycles. The fourth-order valence-electron chi connectivity index (χ4n) is 2.41. The second-order valence-electron chi connectivity index (χ2n) is 4.61. The molecule has 1 aromatic rings. The van der Waals surface area contributed by atoms with Crippen LogP contribution < -0.4 is 0 Å². The molecule has 92 valence electrons. The van der Waals surface area contributed by atoms with Gasteiger partial charge in [-0.15, -0.1) is 0 Å². The van der Waals surface area contributed by atoms with Crippen LogP contribution in [-0.2, 0) is 6.42 Å². The molecule has 3 nitrogen and oxygen atoms in total. The van der Waals surface area contributed by atoms with E-state index in [1.165, 1.54) is 19.3 Å². The Balaban J connectivity index is 1.96. The van der Waals surface area contributed by atoms with Gasteiger partial charge in [-0.1, -0.05) is 24.6 Å². The molecule has 0 atom stereocenters. The molecule has 0 bridgehead atoms. The van der Waals surface area contributed by atoms with E-state index in [-0.39, 0.29) is 0 Å². The van der Waals surface area contributed by atoms with Crippen LogP contribution in [0, 0.1) is 0 Å². The molecule has 1 saturated heterocycles. The van der Waals surface area contributed by atoms with Crippen molar-refractivity contribution in [2.75, 3.05) is 19.6 Å². The minimum Gasteiger partial charge on any atom is -0.478 e. The van der Waals surface area contributed by atoms with Gasteiger partial charge in [-0.05, 0) is 44.0 Å². The quantitative estimate of drug-likeness (QED) is 0.868. The van der Waals surface area contributed by atoms with E-state index in [0.29, 0.717) is 5.56 Å². The van der Waals surface area contributed by atoms with E-state index in [4.69, 9.17) is 5.11 Å². The third-order valence-electron chi connectivity index (χ3n) is 3.39. The predicted octanol–water partition coefficient (Wildman–Crippen LogP) is 2.41. The number of piperidine rings is 1. The molecule has 1 N–H and O–H groups in total. The normalized spacial score (nSPS) is 16.9. The van der Waals surface area contributed by atoms with Crippen molar-refractivity contribution in [3.8, 4) is 0 Å². The van der Waals surface area contributed by atoms with E-state index < -0.39 is 5.97 Å². The summed E-state index contributed by atoms with van der Waals surface area (Å²) in [7, 11) is 0. The first-order chi connectivity index (χ1) is 8.27. The van der Waals surface area contributed by atoms with Gasteiger partial charge in [0.25, 0.3) is 0 Å². The lowest BCUT2D eigenvalue weighted by Gasteiger charge is -2.26. The highest BCUT2D eigenvalue weighted by molar-refractivity contribution is 5.89. The number of rotatable bonds is 4. The van der Waals surface area contributed by atoms with Crippen molar-refractivity contribution in [1.82, 2.24) is 4.90 Å². The Morgan fingerprint density at radius 3 is 2.59 bits per heavy atom. The van der Waals surface area contributed by atoms with Crippen molar-refractivity contribution in [1.29, 1.82) is 0 Å². The number of likely N-dealkylation sites (tertiary alicyclic amines) is 1. The van der Waals surface area contributed by atoms with Crippen LogP contribution in [0.2, 0.25) is 0 Å². The highest BCUT2D eigenvalue weighted by atomic mass is 16.4. The molecule has 1 fully saturated rings. The fourth-order valence-corrected chi connectivity index (χ4v) is 2.41. The Kier molecular flexibility index (Phi) is 4.15. The second kappa shape index (κ2) is 5.82. The van der Waals surface area contributed by atoms with E-state index in [1.54, 1.807) is 12.1 Å². The van der Waals surface area contributed by atoms with Crippen molar-refractivity contribution in [3.05, 3.63) is 35.4 Å². The van der Waals surface area contributed by atoms with Crippen LogP contribution in [0.25, 0.3) is 0 Å². The number of aromatic carboxylic acids is 1. The molecule has 3 heteroatoms. The molecule has 0 aromatic heterocycles. The zero-order valence-electron chi connectivity index (χ0n) is 10.1. The Hall–Kier alpha value is -1.35. The molecule has 2 rings (SSSR count). The molecule has 1 heterocycles. The smallest absolute Gasteiger partial charge is 0.335 e. The van der Waals surface area contributed by atoms with Gasteiger partial charge < -0.3 is 10.0 Å². The van der Waals surface area contributed by atoms with Gasteiger partial charge in [0.15, 0.2) is 0 Å². The summed E-state index contributed by atoms with van der Waals surface area (Å²) in [5, 5.41) is 9.09. The lowest BCUT2D eigenvalue weighted by atomic mass is 10.0. The summed E-state index contributed by atoms with van der Waals surface area (Å²) in [5.41, 5.74) is 1.40. The van der Waals surface area contributed by atoms with Crippen LogP contribution in [0.4, 0.5) is 0 Å². The van der Waals surface area contributed by atoms with Crippen LogP contribution in [0.15, 0.2) is 24.3 Å². The molecule has 1 aliphatic heterocycles. The Labute approximate surface area is 102 Å². The molecule has 0 spiro atoms. The summed E-state index contributed by atoms with van der Waals surface area (Å²) >= 11 is 0. The van der Waals surface area contributed by atoms with E-state index in [2.05, 4.69) is 4.90 Å². The monoisotopic (exact) mass is 233 g/mol. The van der Waals surface area contributed by atoms with Gasteiger partial charge in [-0.2, -0.15) is 0 Å². The standard InChI is InChI=1S/C14H19NO2/c16-14(17)13-7-3-2-6-12(13)8-11-15-9-4-1-5-10-15/h2-3,6-7H,1,4-5,8-11H2,(H,16,17). The summed E-state index contributed by atoms with van der Waals surface area (Å²) in [4.78, 5) is 13.5. The first kappa shape index (κ1) is 12.1. The first-order valence-corrected chi connectivity index (χ1v) is 6.31. The lowest BCUT2D eigenvalue weighted by molar-refractivity contribution is 0.0695. The van der Waals surface area contributed by atoms with Crippen molar-refractivity contribution >= 4 is 5.97 Å². The minimum atomic E-state index is -0.820. The Morgan fingerprint density at radius 1 is 1.18 bits per heavy atom. The van der Waals surface area contributed by atoms with Gasteiger partial charge in [0.1, 0.15) is 0 Å². The molecular weight excluding hydrogens is 214 g/mol. The minimum absolute atomic E-state index is 0.449. The zero-order chi connectivity index (χ0) is 12.1. The summed E-state index contributed by atoms with van der Waals surface area (Å²) in [6, 6.07) is 7.31. The number of hydrogen-bond donors (Lipinski definition) is 1. The number of benzene rings is 1. The maximum atomic E-state index is 11.1. The number of carbonyl (C=O) groups is 1. The molecule has 1 aromatic carbocycles. The van der Waals surface area contributed by atoms with Gasteiger partial charge in [0, 0.05) is 6.54 Å². The highest BCUT2D eigenvalue weighted by Gasteiger charge is 2.12. The molecule has 0 radical (unpaired) electrons. The molecule has 1 aliphatic rings. The summed E-state index contributed by atoms with van der Waals surface area (Å²) in [6.45, 7) is 3.30. The summed E-state index contributed by atoms with van der Waals surface area (Å²) < 4.78 is 0. The summed E-state index contributed by atoms with van der Waals surface area (Å²) in [6.07, 6.45) is 4.73. The second-order valence-corrected chi connectivity index (χ2v) is 4.61. The van der Waals surface area contributed by atoms with E-state index in [9.17, 15) is 4.79 Å². The molecule has 17 heavy (non-hydrogen) atoms. The highest BCUT2D eigenvalue weighted by Crippen LogP contribution is 2.13. The van der Waals surface area contributed by atoms with Crippen molar-refractivity contribution in [2.45, 2.75) is 25.7 Å². The van der Waals surface area contributed by atoms with E-state index in [1.807, 2.05) is 12.1 Å². The lowest BCUT2D eigenvalue weighted by Crippen LogP contribution is -2.31. The Bertz CT molecular complexity index is 384. The largest absolute Gasteiger partial charge is 0.478 e. The third kappa shape index (κ3) is 3.30. The molecule has 0 unspecified atom stereocenters. The van der Waals surface area contributed by atoms with Crippen LogP contribution in [0.5, 0.6) is 0 Å². The van der Waals surface area contributed by atoms with E-state index >= 15 is 0 Å². The number of carboxylic acids is 1. The predicted molar refractivity (Wildman–Crippen MR) is 67.4 cm³/mol. The van der Waals surface area contributed by atoms with Gasteiger partial charge >= 0.3 is 5.97 Å². The van der Waals surface area contributed by atoms with Crippen LogP contribution >= 0.6 is 0 Å². The third-order valence-corrected chi connectivity index (χ3v) is 3.39. The number of hydrogen-bond acceptors (Lipinski definition) is 2. The van der Waals surface area contributed by atoms with Gasteiger partial charge in [-0.3, -0.25) is 0 Å². The Morgan fingerprint density at radius 2 is 1.88 bits per heavy atom. The number of nitrogens with zero attached hydrogens (tertiary/aromatic N) is 1. The maximum Gasteiger partial charge on any atom is 0.335 e. The topological polar surface area (TPSA) is 40.5 Å². The van der Waals surface area contributed by atoms with Gasteiger partial charge in [0.2, 0.25) is 0 Å². The average molecular weight is 233 g/mol. The van der Waals surface area contributed by atoms with Crippen molar-refractivity contribution in [2.24, 2.45) is 0 Å². The number of carboxylic acid groups (broad SMARTS) is 1.